The van der Waals surface area contributed by atoms with Gasteiger partial charge in [-0.1, -0.05) is 20.8 Å². The largest absolute Gasteiger partial charge is 0.480 e. The molecule has 0 unspecified atom stereocenters. The first-order chi connectivity index (χ1) is 14.2. The van der Waals surface area contributed by atoms with Crippen molar-refractivity contribution in [2.75, 3.05) is 85.9 Å². The lowest BCUT2D eigenvalue weighted by Crippen LogP contribution is -2.41. The molecule has 0 atom stereocenters. The molecule has 0 saturated carbocycles. The third-order valence-corrected chi connectivity index (χ3v) is 9.12. The van der Waals surface area contributed by atoms with Crippen LogP contribution < -0.4 is 0 Å². The standard InChI is InChI=1S/C20H42O9Si/c1-20(2,3)30(4,5)29-17-16-27-13-12-25-9-8-23-6-7-24-10-11-26-14-15-28-18-19(21)22/h6-18H2,1-5H3,(H,21,22). The maximum atomic E-state index is 10.2. The smallest absolute Gasteiger partial charge is 0.329 e. The van der Waals surface area contributed by atoms with Crippen LogP contribution >= 0.6 is 0 Å². The van der Waals surface area contributed by atoms with E-state index < -0.39 is 14.3 Å². The molecule has 0 saturated heterocycles. The summed E-state index contributed by atoms with van der Waals surface area (Å²) in [6.45, 7) is 16.6. The zero-order valence-electron chi connectivity index (χ0n) is 19.4. The molecule has 30 heavy (non-hydrogen) atoms. The first kappa shape index (κ1) is 29.4. The maximum Gasteiger partial charge on any atom is 0.329 e. The Morgan fingerprint density at radius 1 is 0.633 bits per heavy atom. The van der Waals surface area contributed by atoms with E-state index in [4.69, 9.17) is 38.0 Å². The molecular weight excluding hydrogens is 412 g/mol. The fourth-order valence-corrected chi connectivity index (χ4v) is 2.86. The van der Waals surface area contributed by atoms with Gasteiger partial charge in [-0.3, -0.25) is 0 Å². The lowest BCUT2D eigenvalue weighted by Gasteiger charge is -2.36. The van der Waals surface area contributed by atoms with E-state index in [1.807, 2.05) is 0 Å². The number of carbonyl (C=O) groups is 1. The van der Waals surface area contributed by atoms with Crippen LogP contribution in [0.2, 0.25) is 18.1 Å². The summed E-state index contributed by atoms with van der Waals surface area (Å²) in [7, 11) is -1.69. The number of ether oxygens (including phenoxy) is 6. The molecule has 0 aromatic heterocycles. The highest BCUT2D eigenvalue weighted by molar-refractivity contribution is 6.74. The van der Waals surface area contributed by atoms with Crippen molar-refractivity contribution in [3.05, 3.63) is 0 Å². The number of hydrogen-bond acceptors (Lipinski definition) is 8. The molecule has 1 N–H and O–H groups in total. The van der Waals surface area contributed by atoms with Crippen molar-refractivity contribution in [1.29, 1.82) is 0 Å². The molecule has 0 aliphatic rings. The molecule has 0 spiro atoms. The summed E-state index contributed by atoms with van der Waals surface area (Å²) in [6.07, 6.45) is 0. The highest BCUT2D eigenvalue weighted by Crippen LogP contribution is 2.36. The fraction of sp³-hybridized carbons (Fsp3) is 0.950. The number of carboxylic acid groups (broad SMARTS) is 1. The van der Waals surface area contributed by atoms with Crippen LogP contribution in [-0.4, -0.2) is 105 Å². The number of carboxylic acids is 1. The van der Waals surface area contributed by atoms with Crippen molar-refractivity contribution in [3.63, 3.8) is 0 Å². The van der Waals surface area contributed by atoms with Crippen molar-refractivity contribution in [3.8, 4) is 0 Å². The molecule has 0 rings (SSSR count). The minimum absolute atomic E-state index is 0.217. The molecule has 9 nitrogen and oxygen atoms in total. The zero-order chi connectivity index (χ0) is 22.7. The van der Waals surface area contributed by atoms with Crippen LogP contribution in [0.15, 0.2) is 0 Å². The Balaban J connectivity index is 3.19. The SMILES string of the molecule is CC(C)(C)[Si](C)(C)OCCOCCOCCOCCOCCOCCOCC(=O)O. The van der Waals surface area contributed by atoms with Gasteiger partial charge in [0.2, 0.25) is 0 Å². The normalized spacial score (nSPS) is 12.4. The lowest BCUT2D eigenvalue weighted by molar-refractivity contribution is -0.142. The molecule has 0 heterocycles. The Morgan fingerprint density at radius 2 is 0.933 bits per heavy atom. The Bertz CT molecular complexity index is 414. The minimum Gasteiger partial charge on any atom is -0.480 e. The second kappa shape index (κ2) is 18.0. The molecule has 0 aromatic carbocycles. The van der Waals surface area contributed by atoms with Crippen molar-refractivity contribution in [2.24, 2.45) is 0 Å². The quantitative estimate of drug-likeness (QED) is 0.206. The van der Waals surface area contributed by atoms with E-state index >= 15 is 0 Å². The van der Waals surface area contributed by atoms with Gasteiger partial charge in [0, 0.05) is 0 Å². The van der Waals surface area contributed by atoms with Crippen LogP contribution in [0.1, 0.15) is 20.8 Å². The number of hydrogen-bond donors (Lipinski definition) is 1. The van der Waals surface area contributed by atoms with Crippen molar-refractivity contribution in [2.45, 2.75) is 38.9 Å². The van der Waals surface area contributed by atoms with Crippen LogP contribution in [0.25, 0.3) is 0 Å². The van der Waals surface area contributed by atoms with Gasteiger partial charge in [-0.25, -0.2) is 4.79 Å². The average Bonchev–Trinajstić information content (AvgIpc) is 2.65. The van der Waals surface area contributed by atoms with Gasteiger partial charge < -0.3 is 38.0 Å². The van der Waals surface area contributed by atoms with Crippen LogP contribution in [0.5, 0.6) is 0 Å². The van der Waals surface area contributed by atoms with Crippen molar-refractivity contribution >= 4 is 14.3 Å². The van der Waals surface area contributed by atoms with E-state index in [9.17, 15) is 4.79 Å². The van der Waals surface area contributed by atoms with E-state index in [1.165, 1.54) is 0 Å². The molecule has 0 aliphatic carbocycles. The monoisotopic (exact) mass is 454 g/mol. The van der Waals surface area contributed by atoms with Crippen molar-refractivity contribution < 1.29 is 42.7 Å². The maximum absolute atomic E-state index is 10.2. The summed E-state index contributed by atoms with van der Waals surface area (Å²) in [6, 6.07) is 0. The summed E-state index contributed by atoms with van der Waals surface area (Å²) >= 11 is 0. The molecule has 0 aromatic rings. The fourth-order valence-electron chi connectivity index (χ4n) is 1.83. The first-order valence-electron chi connectivity index (χ1n) is 10.5. The van der Waals surface area contributed by atoms with Gasteiger partial charge in [0.25, 0.3) is 0 Å². The summed E-state index contributed by atoms with van der Waals surface area (Å²) in [5.74, 6) is -0.986. The summed E-state index contributed by atoms with van der Waals surface area (Å²) < 4.78 is 37.8. The first-order valence-corrected chi connectivity index (χ1v) is 13.4. The van der Waals surface area contributed by atoms with Gasteiger partial charge in [-0.05, 0) is 18.1 Å². The third kappa shape index (κ3) is 18.2. The predicted molar refractivity (Wildman–Crippen MR) is 116 cm³/mol. The molecule has 0 aliphatic heterocycles. The number of rotatable bonds is 21. The topological polar surface area (TPSA) is 102 Å². The molecule has 180 valence electrons. The average molecular weight is 455 g/mol. The molecule has 0 bridgehead atoms. The Labute approximate surface area is 182 Å². The Kier molecular flexibility index (Phi) is 17.7. The molecule has 0 amide bonds. The van der Waals surface area contributed by atoms with E-state index in [2.05, 4.69) is 33.9 Å². The van der Waals surface area contributed by atoms with Crippen LogP contribution in [-0.2, 0) is 37.6 Å². The van der Waals surface area contributed by atoms with Gasteiger partial charge in [-0.2, -0.15) is 0 Å². The Hall–Kier alpha value is -0.593. The van der Waals surface area contributed by atoms with Gasteiger partial charge in [0.15, 0.2) is 8.32 Å². The third-order valence-electron chi connectivity index (χ3n) is 4.58. The van der Waals surface area contributed by atoms with Gasteiger partial charge in [-0.15, -0.1) is 0 Å². The van der Waals surface area contributed by atoms with Crippen molar-refractivity contribution in [1.82, 2.24) is 0 Å². The van der Waals surface area contributed by atoms with E-state index in [0.29, 0.717) is 72.7 Å². The summed E-state index contributed by atoms with van der Waals surface area (Å²) in [5.41, 5.74) is 0. The minimum atomic E-state index is -1.69. The molecule has 10 heteroatoms. The van der Waals surface area contributed by atoms with Gasteiger partial charge in [0.1, 0.15) is 6.61 Å². The summed E-state index contributed by atoms with van der Waals surface area (Å²) in [4.78, 5) is 10.2. The van der Waals surface area contributed by atoms with Crippen LogP contribution in [0.3, 0.4) is 0 Å². The zero-order valence-corrected chi connectivity index (χ0v) is 20.4. The van der Waals surface area contributed by atoms with Gasteiger partial charge in [0.05, 0.1) is 79.3 Å². The second-order valence-electron chi connectivity index (χ2n) is 8.12. The van der Waals surface area contributed by atoms with Crippen LogP contribution in [0.4, 0.5) is 0 Å². The molecule has 0 fully saturated rings. The summed E-state index contributed by atoms with van der Waals surface area (Å²) in [5, 5.41) is 8.60. The van der Waals surface area contributed by atoms with E-state index in [-0.39, 0.29) is 18.3 Å². The van der Waals surface area contributed by atoms with Crippen LogP contribution in [0, 0.1) is 0 Å². The van der Waals surface area contributed by atoms with Gasteiger partial charge >= 0.3 is 5.97 Å². The predicted octanol–water partition coefficient (Wildman–Crippen LogP) is 2.19. The lowest BCUT2D eigenvalue weighted by atomic mass is 10.2. The number of aliphatic carboxylic acids is 1. The second-order valence-corrected chi connectivity index (χ2v) is 12.9. The highest BCUT2D eigenvalue weighted by Gasteiger charge is 2.36. The molecule has 0 radical (unpaired) electrons. The molecular formula is C20H42O9Si. The van der Waals surface area contributed by atoms with E-state index in [0.717, 1.165) is 0 Å². The Morgan fingerprint density at radius 3 is 1.23 bits per heavy atom. The highest BCUT2D eigenvalue weighted by atomic mass is 28.4. The van der Waals surface area contributed by atoms with E-state index in [1.54, 1.807) is 0 Å².